The molecule has 0 saturated heterocycles. The van der Waals surface area contributed by atoms with Crippen molar-refractivity contribution in [2.45, 2.75) is 0 Å². The molecule has 0 unspecified atom stereocenters. The molecular weight excluding hydrogens is 545 g/mol. The first-order chi connectivity index (χ1) is 1.00. The molecule has 0 rings (SSSR count). The molecule has 0 aliphatic carbocycles. The standard InChI is InChI=1S/Ag.Cu.Fe.O.Pd.Pt. The van der Waals surface area contributed by atoms with Crippen LogP contribution < -0.4 is 0 Å². The molecule has 0 aliphatic heterocycles. The zero-order valence-electron chi connectivity index (χ0n) is 2.00. The van der Waals surface area contributed by atoms with Gasteiger partial charge in [0.15, 0.2) is 0 Å². The zero-order chi connectivity index (χ0) is 2.00. The van der Waals surface area contributed by atoms with Gasteiger partial charge in [-0.15, -0.1) is 0 Å². The van der Waals surface area contributed by atoms with Crippen molar-refractivity contribution in [3.05, 3.63) is 0 Å². The van der Waals surface area contributed by atoms with Gasteiger partial charge < -0.3 is 0 Å². The molecular formula is AgCuFeOPdPt. The summed E-state index contributed by atoms with van der Waals surface area (Å²) in [5, 5.41) is 0. The van der Waals surface area contributed by atoms with E-state index in [1.54, 1.807) is 0 Å². The predicted molar refractivity (Wildman–Crippen MR) is 0.686 cm³/mol. The quantitative estimate of drug-likeness (QED) is 0.389. The van der Waals surface area contributed by atoms with Crippen molar-refractivity contribution in [2.75, 3.05) is 0 Å². The van der Waals surface area contributed by atoms with Crippen molar-refractivity contribution in [1.29, 1.82) is 0 Å². The fourth-order valence-electron chi connectivity index (χ4n) is 0. The van der Waals surface area contributed by atoms with Gasteiger partial charge in [-0.1, -0.05) is 0 Å². The minimum atomic E-state index is 0. The Kier molecular flexibility index (Phi) is 269. The molecule has 0 aromatic rings. The van der Waals surface area contributed by atoms with Crippen molar-refractivity contribution in [2.24, 2.45) is 0 Å². The molecule has 0 amide bonds. The third-order valence-corrected chi connectivity index (χ3v) is 0. The average Bonchev–Trinajstić information content (AvgIpc) is 1.00. The second-order valence-corrected chi connectivity index (χ2v) is 0. The van der Waals surface area contributed by atoms with Crippen LogP contribution in [0.3, 0.4) is 0 Å². The van der Waals surface area contributed by atoms with E-state index in [-0.39, 0.29) is 80.9 Å². The predicted octanol–water partition coefficient (Wildman–Crippen LogP) is -0.131. The van der Waals surface area contributed by atoms with Crippen LogP contribution in [0.15, 0.2) is 0 Å². The number of hydrogen-bond donors (Lipinski definition) is 0. The fourth-order valence-corrected chi connectivity index (χ4v) is 0. The molecule has 0 fully saturated rings. The van der Waals surface area contributed by atoms with E-state index in [2.05, 4.69) is 0 Å². The molecule has 0 heterocycles. The fraction of sp³-hybridized carbons (Fsp3) is 0. The molecule has 56 valence electrons. The second kappa shape index (κ2) is 44.4. The van der Waals surface area contributed by atoms with Gasteiger partial charge in [-0.3, -0.25) is 0 Å². The van der Waals surface area contributed by atoms with Gasteiger partial charge in [-0.05, 0) is 0 Å². The van der Waals surface area contributed by atoms with Gasteiger partial charge in [0.05, 0.1) is 0 Å². The van der Waals surface area contributed by atoms with Gasteiger partial charge in [0, 0.05) is 80.9 Å². The Morgan fingerprint density at radius 1 is 1.17 bits per heavy atom. The maximum atomic E-state index is 8.00. The maximum Gasteiger partial charge on any atom is 0 e. The summed E-state index contributed by atoms with van der Waals surface area (Å²) < 4.78 is 8.00. The summed E-state index contributed by atoms with van der Waals surface area (Å²) in [5.74, 6) is 0. The molecule has 0 N–H and O–H groups in total. The number of rotatable bonds is 0. The third kappa shape index (κ3) is 28.4. The summed E-state index contributed by atoms with van der Waals surface area (Å²) in [6, 6.07) is 0. The van der Waals surface area contributed by atoms with Crippen LogP contribution in [0.5, 0.6) is 0 Å². The van der Waals surface area contributed by atoms with Crippen LogP contribution in [-0.4, -0.2) is 0 Å². The van der Waals surface area contributed by atoms with Gasteiger partial charge in [-0.25, -0.2) is 0 Å². The second-order valence-electron chi connectivity index (χ2n) is 0. The Bertz CT molecular complexity index is 15.5. The molecule has 6 heavy (non-hydrogen) atoms. The van der Waals surface area contributed by atoms with Crippen LogP contribution in [0.25, 0.3) is 0 Å². The van der Waals surface area contributed by atoms with Crippen molar-refractivity contribution in [3.63, 3.8) is 0 Å². The molecule has 0 aromatic heterocycles. The van der Waals surface area contributed by atoms with Gasteiger partial charge in [0.2, 0.25) is 0 Å². The molecule has 0 atom stereocenters. The Morgan fingerprint density at radius 2 is 1.17 bits per heavy atom. The topological polar surface area (TPSA) is 17.1 Å². The molecule has 0 bridgehead atoms. The minimum Gasteiger partial charge on any atom is 0 e. The van der Waals surface area contributed by atoms with Crippen LogP contribution in [0, 0.1) is 0 Å². The van der Waals surface area contributed by atoms with E-state index in [1.165, 1.54) is 0 Å². The molecule has 1 nitrogen and oxygen atoms in total. The first-order valence-electron chi connectivity index (χ1n) is 0.144. The Hall–Kier alpha value is 2.93. The van der Waals surface area contributed by atoms with Crippen molar-refractivity contribution < 1.29 is 101 Å². The van der Waals surface area contributed by atoms with Crippen molar-refractivity contribution in [1.82, 2.24) is 0 Å². The molecule has 0 spiro atoms. The van der Waals surface area contributed by atoms with Crippen molar-refractivity contribution >= 4 is 0 Å². The summed E-state index contributed by atoms with van der Waals surface area (Å²) in [5.41, 5.74) is 0. The van der Waals surface area contributed by atoms with Crippen LogP contribution in [-0.2, 0) is 101 Å². The largest absolute Gasteiger partial charge is 0 e. The van der Waals surface area contributed by atoms with Gasteiger partial charge in [-0.2, -0.15) is 0 Å². The molecule has 0 aromatic carbocycles. The van der Waals surface area contributed by atoms with Crippen LogP contribution in [0.1, 0.15) is 0 Å². The van der Waals surface area contributed by atoms with E-state index in [0.29, 0.717) is 0 Å². The van der Waals surface area contributed by atoms with E-state index in [4.69, 9.17) is 3.83 Å². The first-order valence-corrected chi connectivity index (χ1v) is 0.595. The Balaban J connectivity index is -0.000000000833. The van der Waals surface area contributed by atoms with E-state index >= 15 is 0 Å². The summed E-state index contributed by atoms with van der Waals surface area (Å²) in [7, 11) is 0. The van der Waals surface area contributed by atoms with Crippen LogP contribution in [0.4, 0.5) is 0 Å². The summed E-state index contributed by atoms with van der Waals surface area (Å²) in [6.07, 6.45) is 0. The Labute approximate surface area is 99.1 Å². The molecule has 0 saturated carbocycles. The summed E-state index contributed by atoms with van der Waals surface area (Å²) in [6.45, 7) is 0. The summed E-state index contributed by atoms with van der Waals surface area (Å²) >= 11 is 2.00. The minimum absolute atomic E-state index is 0. The monoisotopic (exact) mass is 543 g/mol. The van der Waals surface area contributed by atoms with Gasteiger partial charge >= 0.3 is 19.8 Å². The molecule has 2 radical (unpaired) electrons. The Morgan fingerprint density at radius 3 is 1.17 bits per heavy atom. The molecule has 0 aliphatic rings. The van der Waals surface area contributed by atoms with Gasteiger partial charge in [0.25, 0.3) is 0 Å². The SMILES string of the molecule is [Ag].[Cu].[O]=[Fe].[Pd].[Pt]. The zero-order valence-corrected chi connectivity index (χ0v) is 9.35. The van der Waals surface area contributed by atoms with E-state index in [9.17, 15) is 0 Å². The van der Waals surface area contributed by atoms with Crippen LogP contribution in [0.2, 0.25) is 0 Å². The first kappa shape index (κ1) is 36.4. The number of hydrogen-bond acceptors (Lipinski definition) is 1. The van der Waals surface area contributed by atoms with Crippen molar-refractivity contribution in [3.8, 4) is 0 Å². The molecule has 6 heteroatoms. The van der Waals surface area contributed by atoms with E-state index < -0.39 is 0 Å². The summed E-state index contributed by atoms with van der Waals surface area (Å²) in [4.78, 5) is 0. The third-order valence-electron chi connectivity index (χ3n) is 0. The van der Waals surface area contributed by atoms with E-state index in [0.717, 1.165) is 0 Å². The van der Waals surface area contributed by atoms with Gasteiger partial charge in [0.1, 0.15) is 0 Å². The normalized spacial score (nSPS) is 0.833. The maximum absolute atomic E-state index is 8.00. The smallest absolute Gasteiger partial charge is 0 e. The van der Waals surface area contributed by atoms with Crippen LogP contribution >= 0.6 is 0 Å². The van der Waals surface area contributed by atoms with E-state index in [1.807, 2.05) is 15.9 Å². The average molecular weight is 545 g/mol.